The van der Waals surface area contributed by atoms with Crippen molar-refractivity contribution >= 4 is 11.6 Å². The summed E-state index contributed by atoms with van der Waals surface area (Å²) >= 11 is 0. The number of carbonyl (C=O) groups is 1. The minimum absolute atomic E-state index is 0.0923. The molecule has 20 heavy (non-hydrogen) atoms. The number of fused-ring (bicyclic) bond motifs is 1. The lowest BCUT2D eigenvalue weighted by atomic mass is 9.89. The molecule has 1 heterocycles. The van der Waals surface area contributed by atoms with Crippen LogP contribution in [0, 0.1) is 5.41 Å². The smallest absolute Gasteiger partial charge is 0.253 e. The van der Waals surface area contributed by atoms with E-state index in [0.717, 1.165) is 0 Å². The first-order valence-electron chi connectivity index (χ1n) is 6.51. The third-order valence-electron chi connectivity index (χ3n) is 3.31. The molecular weight excluding hydrogens is 260 g/mol. The fraction of sp³-hybridized carbons (Fsp3) is 0.500. The molecule has 1 aliphatic heterocycles. The molecule has 2 rings (SSSR count). The summed E-state index contributed by atoms with van der Waals surface area (Å²) in [6.45, 7) is 4.65. The fourth-order valence-corrected chi connectivity index (χ4v) is 1.96. The lowest BCUT2D eigenvalue weighted by Gasteiger charge is -2.24. The Morgan fingerprint density at radius 2 is 2.05 bits per heavy atom. The topological polar surface area (TPSA) is 93.8 Å². The number of hydrogen-bond acceptors (Lipinski definition) is 5. The molecule has 6 heteroatoms. The number of nitrogens with one attached hydrogen (secondary N) is 1. The Kier molecular flexibility index (Phi) is 4.04. The van der Waals surface area contributed by atoms with E-state index in [9.17, 15) is 4.79 Å². The first kappa shape index (κ1) is 14.5. The summed E-state index contributed by atoms with van der Waals surface area (Å²) < 4.78 is 10.4. The van der Waals surface area contributed by atoms with Crippen LogP contribution in [-0.4, -0.2) is 31.0 Å². The zero-order valence-corrected chi connectivity index (χ0v) is 11.7. The molecule has 0 aliphatic carbocycles. The largest absolute Gasteiger partial charge is 0.454 e. The number of ether oxygens (including phenoxy) is 2. The van der Waals surface area contributed by atoms with Crippen LogP contribution in [-0.2, 0) is 0 Å². The molecular formula is C14H20N2O4. The van der Waals surface area contributed by atoms with Gasteiger partial charge in [0.2, 0.25) is 6.79 Å². The Hall–Kier alpha value is -1.95. The number of aliphatic hydroxyl groups excluding tert-OH is 1. The average molecular weight is 280 g/mol. The molecule has 0 saturated heterocycles. The second-order valence-electron chi connectivity index (χ2n) is 5.61. The van der Waals surface area contributed by atoms with Crippen LogP contribution >= 0.6 is 0 Å². The van der Waals surface area contributed by atoms with Gasteiger partial charge in [-0.2, -0.15) is 0 Å². The molecule has 0 fully saturated rings. The fourth-order valence-electron chi connectivity index (χ4n) is 1.96. The van der Waals surface area contributed by atoms with Gasteiger partial charge in [-0.1, -0.05) is 13.8 Å². The zero-order valence-electron chi connectivity index (χ0n) is 11.7. The van der Waals surface area contributed by atoms with Gasteiger partial charge in [0.15, 0.2) is 11.5 Å². The first-order chi connectivity index (χ1) is 9.43. The zero-order chi connectivity index (χ0) is 14.8. The molecule has 0 spiro atoms. The van der Waals surface area contributed by atoms with Crippen LogP contribution in [0.5, 0.6) is 11.5 Å². The van der Waals surface area contributed by atoms with Crippen molar-refractivity contribution in [1.29, 1.82) is 0 Å². The number of aliphatic hydroxyl groups is 1. The number of amides is 1. The molecule has 1 aromatic carbocycles. The highest BCUT2D eigenvalue weighted by Crippen LogP contribution is 2.35. The van der Waals surface area contributed by atoms with Crippen LogP contribution in [0.3, 0.4) is 0 Å². The summed E-state index contributed by atoms with van der Waals surface area (Å²) in [6, 6.07) is 3.18. The highest BCUT2D eigenvalue weighted by molar-refractivity contribution is 6.00. The molecule has 1 aromatic rings. The van der Waals surface area contributed by atoms with Gasteiger partial charge in [0, 0.05) is 24.9 Å². The predicted molar refractivity (Wildman–Crippen MR) is 74.8 cm³/mol. The van der Waals surface area contributed by atoms with Crippen molar-refractivity contribution in [2.75, 3.05) is 25.7 Å². The number of rotatable bonds is 5. The highest BCUT2D eigenvalue weighted by atomic mass is 16.7. The Morgan fingerprint density at radius 1 is 1.40 bits per heavy atom. The third-order valence-corrected chi connectivity index (χ3v) is 3.31. The first-order valence-corrected chi connectivity index (χ1v) is 6.51. The van der Waals surface area contributed by atoms with E-state index >= 15 is 0 Å². The van der Waals surface area contributed by atoms with Crippen molar-refractivity contribution in [3.63, 3.8) is 0 Å². The van der Waals surface area contributed by atoms with E-state index in [1.165, 1.54) is 0 Å². The standard InChI is InChI=1S/C14H20N2O4/c1-14(2,3-4-17)7-16-13(18)9-5-11-12(6-10(9)15)20-8-19-11/h5-6,17H,3-4,7-8,15H2,1-2H3,(H,16,18). The maximum absolute atomic E-state index is 12.2. The molecule has 0 atom stereocenters. The van der Waals surface area contributed by atoms with E-state index in [1.54, 1.807) is 12.1 Å². The maximum Gasteiger partial charge on any atom is 0.253 e. The third kappa shape index (κ3) is 3.14. The van der Waals surface area contributed by atoms with Gasteiger partial charge in [-0.3, -0.25) is 4.79 Å². The van der Waals surface area contributed by atoms with E-state index in [4.69, 9.17) is 20.3 Å². The number of carbonyl (C=O) groups excluding carboxylic acids is 1. The van der Waals surface area contributed by atoms with Crippen molar-refractivity contribution < 1.29 is 19.4 Å². The van der Waals surface area contributed by atoms with E-state index in [1.807, 2.05) is 13.8 Å². The lowest BCUT2D eigenvalue weighted by molar-refractivity contribution is 0.0928. The van der Waals surface area contributed by atoms with Gasteiger partial charge in [0.1, 0.15) is 0 Å². The van der Waals surface area contributed by atoms with Crippen molar-refractivity contribution in [2.45, 2.75) is 20.3 Å². The van der Waals surface area contributed by atoms with Gasteiger partial charge >= 0.3 is 0 Å². The van der Waals surface area contributed by atoms with Crippen LogP contribution in [0.25, 0.3) is 0 Å². The van der Waals surface area contributed by atoms with Crippen LogP contribution in [0.1, 0.15) is 30.6 Å². The lowest BCUT2D eigenvalue weighted by Crippen LogP contribution is -2.34. The predicted octanol–water partition coefficient (Wildman–Crippen LogP) is 1.14. The van der Waals surface area contributed by atoms with E-state index in [2.05, 4.69) is 5.32 Å². The minimum Gasteiger partial charge on any atom is -0.454 e. The Labute approximate surface area is 117 Å². The van der Waals surface area contributed by atoms with Gasteiger partial charge in [-0.05, 0) is 17.9 Å². The summed E-state index contributed by atoms with van der Waals surface area (Å²) in [7, 11) is 0. The highest BCUT2D eigenvalue weighted by Gasteiger charge is 2.22. The van der Waals surface area contributed by atoms with Crippen molar-refractivity contribution in [3.8, 4) is 11.5 Å². The number of anilines is 1. The Morgan fingerprint density at radius 3 is 2.70 bits per heavy atom. The summed E-state index contributed by atoms with van der Waals surface area (Å²) in [6.07, 6.45) is 0.615. The summed E-state index contributed by atoms with van der Waals surface area (Å²) in [5.41, 5.74) is 6.41. The molecule has 0 radical (unpaired) electrons. The molecule has 1 aliphatic rings. The summed E-state index contributed by atoms with van der Waals surface area (Å²) in [5, 5.41) is 11.8. The van der Waals surface area contributed by atoms with Crippen LogP contribution < -0.4 is 20.5 Å². The molecule has 0 aromatic heterocycles. The Balaban J connectivity index is 2.06. The van der Waals surface area contributed by atoms with Crippen molar-refractivity contribution in [1.82, 2.24) is 5.32 Å². The van der Waals surface area contributed by atoms with Gasteiger partial charge in [0.25, 0.3) is 5.91 Å². The Bertz CT molecular complexity index is 514. The number of nitrogens with two attached hydrogens (primary N) is 1. The van der Waals surface area contributed by atoms with Gasteiger partial charge < -0.3 is 25.6 Å². The molecule has 1 amide bonds. The maximum atomic E-state index is 12.2. The van der Waals surface area contributed by atoms with Crippen LogP contribution in [0.2, 0.25) is 0 Å². The molecule has 0 unspecified atom stereocenters. The molecule has 110 valence electrons. The minimum atomic E-state index is -0.258. The monoisotopic (exact) mass is 280 g/mol. The van der Waals surface area contributed by atoms with E-state index in [-0.39, 0.29) is 24.7 Å². The van der Waals surface area contributed by atoms with E-state index < -0.39 is 0 Å². The summed E-state index contributed by atoms with van der Waals surface area (Å²) in [4.78, 5) is 12.2. The molecule has 0 saturated carbocycles. The molecule has 0 bridgehead atoms. The SMILES string of the molecule is CC(C)(CCO)CNC(=O)c1cc2c(cc1N)OCO2. The van der Waals surface area contributed by atoms with Crippen molar-refractivity contribution in [2.24, 2.45) is 5.41 Å². The summed E-state index contributed by atoms with van der Waals surface area (Å²) in [5.74, 6) is 0.824. The van der Waals surface area contributed by atoms with Gasteiger partial charge in [0.05, 0.1) is 5.56 Å². The van der Waals surface area contributed by atoms with Gasteiger partial charge in [-0.15, -0.1) is 0 Å². The van der Waals surface area contributed by atoms with Crippen LogP contribution in [0.15, 0.2) is 12.1 Å². The van der Waals surface area contributed by atoms with E-state index in [0.29, 0.717) is 35.7 Å². The second-order valence-corrected chi connectivity index (χ2v) is 5.61. The normalized spacial score (nSPS) is 13.3. The molecule has 4 N–H and O–H groups in total. The number of hydrogen-bond donors (Lipinski definition) is 3. The molecule has 6 nitrogen and oxygen atoms in total. The van der Waals surface area contributed by atoms with Gasteiger partial charge in [-0.25, -0.2) is 0 Å². The second kappa shape index (κ2) is 5.58. The number of nitrogen functional groups attached to an aromatic ring is 1. The number of benzene rings is 1. The average Bonchev–Trinajstić information content (AvgIpc) is 2.82. The van der Waals surface area contributed by atoms with Crippen LogP contribution in [0.4, 0.5) is 5.69 Å². The van der Waals surface area contributed by atoms with Crippen molar-refractivity contribution in [3.05, 3.63) is 17.7 Å². The quantitative estimate of drug-likeness (QED) is 0.703.